The summed E-state index contributed by atoms with van der Waals surface area (Å²) in [7, 11) is 0. The number of pyridine rings is 1. The third-order valence-corrected chi connectivity index (χ3v) is 3.59. The lowest BCUT2D eigenvalue weighted by Gasteiger charge is -2.08. The molecule has 0 bridgehead atoms. The van der Waals surface area contributed by atoms with Gasteiger partial charge in [0.25, 0.3) is 0 Å². The molecule has 1 aromatic carbocycles. The van der Waals surface area contributed by atoms with E-state index >= 15 is 0 Å². The Morgan fingerprint density at radius 1 is 1.26 bits per heavy atom. The topological polar surface area (TPSA) is 50.2 Å². The van der Waals surface area contributed by atoms with Gasteiger partial charge >= 0.3 is 5.97 Å². The lowest BCUT2D eigenvalue weighted by atomic mass is 10.1. The number of halogens is 2. The number of carboxylic acids is 1. The predicted molar refractivity (Wildman–Crippen MR) is 76.0 cm³/mol. The monoisotopic (exact) mass is 295 g/mol. The highest BCUT2D eigenvalue weighted by atomic mass is 35.5. The van der Waals surface area contributed by atoms with Crippen LogP contribution >= 0.6 is 23.2 Å². The van der Waals surface area contributed by atoms with Crippen molar-refractivity contribution in [3.05, 3.63) is 51.6 Å². The molecule has 0 aliphatic heterocycles. The molecule has 0 saturated carbocycles. The zero-order valence-corrected chi connectivity index (χ0v) is 11.7. The SMILES string of the molecule is CCc1nc(-c2cccc(Cl)c2Cl)ccc1C(=O)O. The van der Waals surface area contributed by atoms with Crippen molar-refractivity contribution in [2.75, 3.05) is 0 Å². The quantitative estimate of drug-likeness (QED) is 0.917. The van der Waals surface area contributed by atoms with Crippen molar-refractivity contribution in [1.82, 2.24) is 4.98 Å². The number of hydrogen-bond donors (Lipinski definition) is 1. The van der Waals surface area contributed by atoms with Crippen LogP contribution in [-0.2, 0) is 6.42 Å². The fourth-order valence-corrected chi connectivity index (χ4v) is 2.21. The number of carboxylic acid groups (broad SMARTS) is 1. The first-order valence-electron chi connectivity index (χ1n) is 5.72. The zero-order chi connectivity index (χ0) is 14.0. The minimum absolute atomic E-state index is 0.212. The lowest BCUT2D eigenvalue weighted by molar-refractivity contribution is 0.0695. The molecule has 0 atom stereocenters. The van der Waals surface area contributed by atoms with Gasteiger partial charge in [0.2, 0.25) is 0 Å². The molecule has 98 valence electrons. The second-order valence-electron chi connectivity index (χ2n) is 3.95. The van der Waals surface area contributed by atoms with E-state index in [1.54, 1.807) is 30.3 Å². The van der Waals surface area contributed by atoms with Crippen LogP contribution in [0.4, 0.5) is 0 Å². The molecule has 19 heavy (non-hydrogen) atoms. The molecule has 0 unspecified atom stereocenters. The van der Waals surface area contributed by atoms with E-state index < -0.39 is 5.97 Å². The molecule has 1 N–H and O–H groups in total. The largest absolute Gasteiger partial charge is 0.478 e. The Kier molecular flexibility index (Phi) is 4.08. The summed E-state index contributed by atoms with van der Waals surface area (Å²) in [4.78, 5) is 15.4. The Morgan fingerprint density at radius 2 is 2.00 bits per heavy atom. The molecular formula is C14H11Cl2NO2. The molecule has 1 heterocycles. The van der Waals surface area contributed by atoms with Crippen LogP contribution in [0.2, 0.25) is 10.0 Å². The summed E-state index contributed by atoms with van der Waals surface area (Å²) < 4.78 is 0. The number of aromatic nitrogens is 1. The highest BCUT2D eigenvalue weighted by Crippen LogP contribution is 2.32. The Hall–Kier alpha value is -1.58. The van der Waals surface area contributed by atoms with E-state index in [9.17, 15) is 4.79 Å². The van der Waals surface area contributed by atoms with Crippen molar-refractivity contribution in [2.45, 2.75) is 13.3 Å². The van der Waals surface area contributed by atoms with E-state index in [1.165, 1.54) is 0 Å². The minimum atomic E-state index is -0.979. The molecule has 1 aromatic heterocycles. The van der Waals surface area contributed by atoms with Crippen molar-refractivity contribution >= 4 is 29.2 Å². The molecule has 0 aliphatic carbocycles. The predicted octanol–water partition coefficient (Wildman–Crippen LogP) is 4.32. The van der Waals surface area contributed by atoms with Gasteiger partial charge in [0, 0.05) is 5.56 Å². The van der Waals surface area contributed by atoms with Crippen molar-refractivity contribution in [1.29, 1.82) is 0 Å². The van der Waals surface area contributed by atoms with E-state index in [2.05, 4.69) is 4.98 Å². The first-order chi connectivity index (χ1) is 9.04. The highest BCUT2D eigenvalue weighted by Gasteiger charge is 2.13. The molecule has 0 amide bonds. The van der Waals surface area contributed by atoms with Crippen molar-refractivity contribution < 1.29 is 9.90 Å². The Balaban J connectivity index is 2.58. The minimum Gasteiger partial charge on any atom is -0.478 e. The number of rotatable bonds is 3. The summed E-state index contributed by atoms with van der Waals surface area (Å²) in [6.45, 7) is 1.86. The molecule has 2 rings (SSSR count). The summed E-state index contributed by atoms with van der Waals surface area (Å²) in [6.07, 6.45) is 0.535. The molecule has 3 nitrogen and oxygen atoms in total. The summed E-state index contributed by atoms with van der Waals surface area (Å²) in [5.41, 5.74) is 2.06. The van der Waals surface area contributed by atoms with Crippen LogP contribution in [-0.4, -0.2) is 16.1 Å². The molecule has 0 aliphatic rings. The van der Waals surface area contributed by atoms with Crippen LogP contribution in [0.25, 0.3) is 11.3 Å². The first-order valence-corrected chi connectivity index (χ1v) is 6.47. The van der Waals surface area contributed by atoms with Crippen molar-refractivity contribution in [3.8, 4) is 11.3 Å². The van der Waals surface area contributed by atoms with Gasteiger partial charge in [-0.25, -0.2) is 4.79 Å². The fourth-order valence-electron chi connectivity index (χ4n) is 1.82. The average molecular weight is 296 g/mol. The van der Waals surface area contributed by atoms with Gasteiger partial charge in [-0.2, -0.15) is 0 Å². The number of hydrogen-bond acceptors (Lipinski definition) is 2. The first kappa shape index (κ1) is 13.8. The third kappa shape index (κ3) is 2.72. The fraction of sp³-hybridized carbons (Fsp3) is 0.143. The summed E-state index contributed by atoms with van der Waals surface area (Å²) >= 11 is 12.1. The lowest BCUT2D eigenvalue weighted by Crippen LogP contribution is -2.04. The summed E-state index contributed by atoms with van der Waals surface area (Å²) in [6, 6.07) is 8.46. The van der Waals surface area contributed by atoms with Gasteiger partial charge in [0.1, 0.15) is 0 Å². The van der Waals surface area contributed by atoms with E-state index in [-0.39, 0.29) is 5.56 Å². The second-order valence-corrected chi connectivity index (χ2v) is 4.74. The maximum atomic E-state index is 11.1. The van der Waals surface area contributed by atoms with E-state index in [0.29, 0.717) is 33.4 Å². The maximum Gasteiger partial charge on any atom is 0.337 e. The van der Waals surface area contributed by atoms with Crippen LogP contribution in [0.15, 0.2) is 30.3 Å². The summed E-state index contributed by atoms with van der Waals surface area (Å²) in [5, 5.41) is 9.93. The van der Waals surface area contributed by atoms with Gasteiger partial charge in [-0.3, -0.25) is 4.98 Å². The number of carbonyl (C=O) groups is 1. The zero-order valence-electron chi connectivity index (χ0n) is 10.2. The van der Waals surface area contributed by atoms with Crippen LogP contribution in [0.3, 0.4) is 0 Å². The third-order valence-electron chi connectivity index (χ3n) is 2.77. The van der Waals surface area contributed by atoms with Crippen LogP contribution in [0.1, 0.15) is 23.0 Å². The Morgan fingerprint density at radius 3 is 2.63 bits per heavy atom. The number of nitrogens with zero attached hydrogens (tertiary/aromatic N) is 1. The molecule has 0 fully saturated rings. The molecular weight excluding hydrogens is 285 g/mol. The van der Waals surface area contributed by atoms with E-state index in [4.69, 9.17) is 28.3 Å². The molecule has 0 spiro atoms. The normalized spacial score (nSPS) is 10.5. The van der Waals surface area contributed by atoms with Gasteiger partial charge in [0.15, 0.2) is 0 Å². The van der Waals surface area contributed by atoms with Crippen LogP contribution in [0, 0.1) is 0 Å². The standard InChI is InChI=1S/C14H11Cl2NO2/c1-2-11-9(14(18)19)6-7-12(17-11)8-4-3-5-10(15)13(8)16/h3-7H,2H2,1H3,(H,18,19). The van der Waals surface area contributed by atoms with Gasteiger partial charge < -0.3 is 5.11 Å². The number of aromatic carboxylic acids is 1. The smallest absolute Gasteiger partial charge is 0.337 e. The van der Waals surface area contributed by atoms with E-state index in [0.717, 1.165) is 0 Å². The number of benzene rings is 1. The second kappa shape index (κ2) is 5.59. The maximum absolute atomic E-state index is 11.1. The van der Waals surface area contributed by atoms with Gasteiger partial charge in [-0.05, 0) is 24.6 Å². The van der Waals surface area contributed by atoms with Crippen molar-refractivity contribution in [2.24, 2.45) is 0 Å². The molecule has 5 heteroatoms. The van der Waals surface area contributed by atoms with Gasteiger partial charge in [-0.15, -0.1) is 0 Å². The van der Waals surface area contributed by atoms with Gasteiger partial charge in [-0.1, -0.05) is 42.3 Å². The molecule has 0 saturated heterocycles. The van der Waals surface area contributed by atoms with Gasteiger partial charge in [0.05, 0.1) is 27.0 Å². The van der Waals surface area contributed by atoms with Crippen LogP contribution in [0.5, 0.6) is 0 Å². The summed E-state index contributed by atoms with van der Waals surface area (Å²) in [5.74, 6) is -0.979. The average Bonchev–Trinajstić information content (AvgIpc) is 2.41. The Labute approximate surface area is 120 Å². The number of aryl methyl sites for hydroxylation is 1. The van der Waals surface area contributed by atoms with E-state index in [1.807, 2.05) is 6.92 Å². The van der Waals surface area contributed by atoms with Crippen LogP contribution < -0.4 is 0 Å². The Bertz CT molecular complexity index is 641. The highest BCUT2D eigenvalue weighted by molar-refractivity contribution is 6.43. The molecule has 0 radical (unpaired) electrons. The molecule has 2 aromatic rings. The van der Waals surface area contributed by atoms with Crippen molar-refractivity contribution in [3.63, 3.8) is 0 Å².